The number of nitrogens with one attached hydrogen (secondary N) is 2. The summed E-state index contributed by atoms with van der Waals surface area (Å²) in [4.78, 5) is 30.3. The minimum absolute atomic E-state index is 0.0204. The van der Waals surface area contributed by atoms with E-state index in [-0.39, 0.29) is 30.3 Å². The SMILES string of the molecule is COc1ccc(OC[C@@H](O)Cn2c(NN)nc3c2c(=O)[nH]c(=O)n3C)cc1. The maximum absolute atomic E-state index is 12.2. The number of rotatable bonds is 7. The van der Waals surface area contributed by atoms with Crippen LogP contribution in [0.4, 0.5) is 5.95 Å². The van der Waals surface area contributed by atoms with Crippen molar-refractivity contribution in [3.63, 3.8) is 0 Å². The molecule has 0 bridgehead atoms. The number of nitrogens with two attached hydrogens (primary N) is 1. The molecule has 0 aliphatic carbocycles. The number of fused-ring (bicyclic) bond motifs is 1. The summed E-state index contributed by atoms with van der Waals surface area (Å²) in [7, 11) is 3.04. The number of anilines is 1. The highest BCUT2D eigenvalue weighted by atomic mass is 16.5. The molecule has 0 saturated carbocycles. The van der Waals surface area contributed by atoms with Crippen molar-refractivity contribution in [3.05, 3.63) is 45.1 Å². The molecule has 11 heteroatoms. The minimum Gasteiger partial charge on any atom is -0.497 e. The van der Waals surface area contributed by atoms with Gasteiger partial charge in [0.2, 0.25) is 5.95 Å². The van der Waals surface area contributed by atoms with Crippen LogP contribution in [0.3, 0.4) is 0 Å². The van der Waals surface area contributed by atoms with Crippen LogP contribution < -0.4 is 32.0 Å². The summed E-state index contributed by atoms with van der Waals surface area (Å²) in [5.74, 6) is 6.85. The van der Waals surface area contributed by atoms with Crippen LogP contribution in [-0.4, -0.2) is 44.0 Å². The summed E-state index contributed by atoms with van der Waals surface area (Å²) in [5, 5.41) is 10.3. The lowest BCUT2D eigenvalue weighted by Crippen LogP contribution is -2.31. The summed E-state index contributed by atoms with van der Waals surface area (Å²) in [6, 6.07) is 6.90. The number of aryl methyl sites for hydroxylation is 1. The molecule has 27 heavy (non-hydrogen) atoms. The second-order valence-corrected chi connectivity index (χ2v) is 5.82. The van der Waals surface area contributed by atoms with Gasteiger partial charge in [-0.25, -0.2) is 10.6 Å². The molecule has 2 heterocycles. The monoisotopic (exact) mass is 376 g/mol. The number of H-pyrrole nitrogens is 1. The van der Waals surface area contributed by atoms with Gasteiger partial charge in [0.25, 0.3) is 5.56 Å². The van der Waals surface area contributed by atoms with Gasteiger partial charge in [-0.2, -0.15) is 4.98 Å². The minimum atomic E-state index is -0.965. The number of ether oxygens (including phenoxy) is 2. The Morgan fingerprint density at radius 1 is 1.30 bits per heavy atom. The molecule has 0 unspecified atom stereocenters. The van der Waals surface area contributed by atoms with Crippen molar-refractivity contribution in [3.8, 4) is 11.5 Å². The number of aliphatic hydroxyl groups is 1. The van der Waals surface area contributed by atoms with Gasteiger partial charge in [-0.05, 0) is 24.3 Å². The number of benzene rings is 1. The van der Waals surface area contributed by atoms with Gasteiger partial charge in [-0.1, -0.05) is 0 Å². The first-order chi connectivity index (χ1) is 12.9. The Kier molecular flexibility index (Phi) is 5.14. The Labute approximate surface area is 152 Å². The summed E-state index contributed by atoms with van der Waals surface area (Å²) < 4.78 is 13.2. The second kappa shape index (κ2) is 7.51. The fraction of sp³-hybridized carbons (Fsp3) is 0.312. The molecule has 11 nitrogen and oxygen atoms in total. The van der Waals surface area contributed by atoms with Crippen molar-refractivity contribution >= 4 is 17.1 Å². The third-order valence-electron chi connectivity index (χ3n) is 4.03. The lowest BCUT2D eigenvalue weighted by molar-refractivity contribution is 0.0938. The average Bonchev–Trinajstić information content (AvgIpc) is 3.04. The number of methoxy groups -OCH3 is 1. The van der Waals surface area contributed by atoms with E-state index in [4.69, 9.17) is 15.3 Å². The Morgan fingerprint density at radius 3 is 2.59 bits per heavy atom. The quantitative estimate of drug-likeness (QED) is 0.308. The normalized spacial score (nSPS) is 12.1. The van der Waals surface area contributed by atoms with Gasteiger partial charge in [0, 0.05) is 7.05 Å². The van der Waals surface area contributed by atoms with E-state index in [1.54, 1.807) is 31.4 Å². The standard InChI is InChI=1S/C16H20N6O5/c1-21-13-12(14(24)19-16(21)25)22(15(18-13)20-17)7-9(23)8-27-11-5-3-10(26-2)4-6-11/h3-6,9,23H,7-8,17H2,1-2H3,(H,18,20)(H,19,24,25)/t9-/m0/s1. The maximum Gasteiger partial charge on any atom is 0.329 e. The van der Waals surface area contributed by atoms with Gasteiger partial charge in [-0.3, -0.25) is 19.8 Å². The molecule has 5 N–H and O–H groups in total. The third-order valence-corrected chi connectivity index (χ3v) is 4.03. The van der Waals surface area contributed by atoms with Gasteiger partial charge < -0.3 is 19.1 Å². The number of nitrogens with zero attached hydrogens (tertiary/aromatic N) is 3. The van der Waals surface area contributed by atoms with Crippen molar-refractivity contribution < 1.29 is 14.6 Å². The van der Waals surface area contributed by atoms with Crippen LogP contribution in [0.5, 0.6) is 11.5 Å². The fourth-order valence-electron chi connectivity index (χ4n) is 2.65. The Bertz CT molecular complexity index is 1050. The number of hydrogen-bond acceptors (Lipinski definition) is 8. The first-order valence-electron chi connectivity index (χ1n) is 8.05. The molecule has 0 spiro atoms. The molecule has 3 rings (SSSR count). The van der Waals surface area contributed by atoms with E-state index in [9.17, 15) is 14.7 Å². The average molecular weight is 376 g/mol. The Balaban J connectivity index is 1.81. The van der Waals surface area contributed by atoms with E-state index in [0.717, 1.165) is 0 Å². The molecule has 0 radical (unpaired) electrons. The highest BCUT2D eigenvalue weighted by molar-refractivity contribution is 5.74. The topological polar surface area (TPSA) is 149 Å². The molecule has 0 aliphatic rings. The van der Waals surface area contributed by atoms with E-state index < -0.39 is 17.4 Å². The number of aromatic amines is 1. The Hall–Kier alpha value is -3.31. The lowest BCUT2D eigenvalue weighted by atomic mass is 10.3. The van der Waals surface area contributed by atoms with E-state index in [1.165, 1.54) is 16.2 Å². The van der Waals surface area contributed by atoms with Gasteiger partial charge in [0.05, 0.1) is 13.7 Å². The van der Waals surface area contributed by atoms with Gasteiger partial charge in [-0.15, -0.1) is 0 Å². The predicted molar refractivity (Wildman–Crippen MR) is 97.9 cm³/mol. The van der Waals surface area contributed by atoms with Gasteiger partial charge >= 0.3 is 5.69 Å². The number of hydrazine groups is 1. The molecule has 1 atom stereocenters. The van der Waals surface area contributed by atoms with Gasteiger partial charge in [0.15, 0.2) is 11.2 Å². The van der Waals surface area contributed by atoms with Crippen molar-refractivity contribution in [1.82, 2.24) is 19.1 Å². The second-order valence-electron chi connectivity index (χ2n) is 5.82. The lowest BCUT2D eigenvalue weighted by Gasteiger charge is -2.15. The zero-order chi connectivity index (χ0) is 19.6. The van der Waals surface area contributed by atoms with E-state index in [0.29, 0.717) is 11.5 Å². The van der Waals surface area contributed by atoms with Crippen LogP contribution in [0.1, 0.15) is 0 Å². The van der Waals surface area contributed by atoms with E-state index in [1.807, 2.05) is 0 Å². The van der Waals surface area contributed by atoms with Crippen molar-refractivity contribution in [2.45, 2.75) is 12.6 Å². The molecule has 2 aromatic heterocycles. The summed E-state index contributed by atoms with van der Waals surface area (Å²) in [5.41, 5.74) is 1.43. The van der Waals surface area contributed by atoms with Crippen LogP contribution in [0, 0.1) is 0 Å². The Morgan fingerprint density at radius 2 is 1.96 bits per heavy atom. The molecule has 0 saturated heterocycles. The number of aromatic nitrogens is 4. The molecule has 0 amide bonds. The largest absolute Gasteiger partial charge is 0.497 e. The predicted octanol–water partition coefficient (Wildman–Crippen LogP) is -0.843. The fourth-order valence-corrected chi connectivity index (χ4v) is 2.65. The number of hydrogen-bond donors (Lipinski definition) is 4. The van der Waals surface area contributed by atoms with Crippen LogP contribution in [0.25, 0.3) is 11.2 Å². The molecule has 144 valence electrons. The molecular formula is C16H20N6O5. The first kappa shape index (κ1) is 18.5. The molecule has 0 fully saturated rings. The van der Waals surface area contributed by atoms with Crippen LogP contribution >= 0.6 is 0 Å². The molecule has 1 aromatic carbocycles. The first-order valence-corrected chi connectivity index (χ1v) is 8.05. The number of aliphatic hydroxyl groups excluding tert-OH is 1. The summed E-state index contributed by atoms with van der Waals surface area (Å²) in [6.45, 7) is -0.0485. The molecular weight excluding hydrogens is 356 g/mol. The molecule has 3 aromatic rings. The van der Waals surface area contributed by atoms with E-state index in [2.05, 4.69) is 15.4 Å². The van der Waals surface area contributed by atoms with E-state index >= 15 is 0 Å². The number of imidazole rings is 1. The highest BCUT2D eigenvalue weighted by Crippen LogP contribution is 2.18. The van der Waals surface area contributed by atoms with Crippen molar-refractivity contribution in [1.29, 1.82) is 0 Å². The van der Waals surface area contributed by atoms with Crippen LogP contribution in [0.2, 0.25) is 0 Å². The molecule has 0 aliphatic heterocycles. The van der Waals surface area contributed by atoms with Gasteiger partial charge in [0.1, 0.15) is 24.2 Å². The maximum atomic E-state index is 12.2. The third kappa shape index (κ3) is 3.64. The summed E-state index contributed by atoms with van der Waals surface area (Å²) in [6.07, 6.45) is -0.965. The highest BCUT2D eigenvalue weighted by Gasteiger charge is 2.19. The summed E-state index contributed by atoms with van der Waals surface area (Å²) >= 11 is 0. The van der Waals surface area contributed by atoms with Crippen molar-refractivity contribution in [2.24, 2.45) is 12.9 Å². The van der Waals surface area contributed by atoms with Crippen molar-refractivity contribution in [2.75, 3.05) is 19.1 Å². The van der Waals surface area contributed by atoms with Crippen LogP contribution in [-0.2, 0) is 13.6 Å². The number of nitrogen functional groups attached to an aromatic ring is 1. The smallest absolute Gasteiger partial charge is 0.329 e. The zero-order valence-corrected chi connectivity index (χ0v) is 14.8. The van der Waals surface area contributed by atoms with Crippen LogP contribution in [0.15, 0.2) is 33.9 Å². The zero-order valence-electron chi connectivity index (χ0n) is 14.8.